The lowest BCUT2D eigenvalue weighted by molar-refractivity contribution is -0.133. The van der Waals surface area contributed by atoms with Crippen molar-refractivity contribution in [2.75, 3.05) is 11.9 Å². The van der Waals surface area contributed by atoms with Crippen LogP contribution in [0.25, 0.3) is 0 Å². The average molecular weight is 363 g/mol. The molecule has 0 saturated carbocycles. The smallest absolute Gasteiger partial charge is 0.224 e. The number of terminal acetylenes is 1. The number of carbonyl (C=O) groups excluding carboxylic acids is 2. The maximum Gasteiger partial charge on any atom is 0.224 e. The SMILES string of the molecule is C#CCN(Cc1ccco1)C(=O)CCC(=O)Nc1ccc(F)c(Cl)c1. The van der Waals surface area contributed by atoms with Crippen LogP contribution in [-0.2, 0) is 16.1 Å². The predicted octanol–water partition coefficient (Wildman–Crippen LogP) is 3.45. The number of rotatable bonds is 7. The Balaban J connectivity index is 1.87. The third-order valence-corrected chi connectivity index (χ3v) is 3.62. The number of benzene rings is 1. The summed E-state index contributed by atoms with van der Waals surface area (Å²) >= 11 is 5.65. The van der Waals surface area contributed by atoms with Crippen LogP contribution in [0.5, 0.6) is 0 Å². The van der Waals surface area contributed by atoms with E-state index in [2.05, 4.69) is 11.2 Å². The average Bonchev–Trinajstić information content (AvgIpc) is 3.09. The summed E-state index contributed by atoms with van der Waals surface area (Å²) in [5.74, 6) is 1.80. The molecule has 0 unspecified atom stereocenters. The van der Waals surface area contributed by atoms with Gasteiger partial charge in [0.2, 0.25) is 11.8 Å². The van der Waals surface area contributed by atoms with E-state index in [0.29, 0.717) is 11.4 Å². The van der Waals surface area contributed by atoms with Crippen LogP contribution < -0.4 is 5.32 Å². The van der Waals surface area contributed by atoms with Gasteiger partial charge in [0.25, 0.3) is 0 Å². The van der Waals surface area contributed by atoms with Crippen LogP contribution >= 0.6 is 11.6 Å². The van der Waals surface area contributed by atoms with Gasteiger partial charge in [-0.2, -0.15) is 0 Å². The van der Waals surface area contributed by atoms with Crippen molar-refractivity contribution in [2.45, 2.75) is 19.4 Å². The first kappa shape index (κ1) is 18.6. The zero-order valence-electron chi connectivity index (χ0n) is 13.3. The molecule has 1 heterocycles. The number of amides is 2. The summed E-state index contributed by atoms with van der Waals surface area (Å²) in [6, 6.07) is 7.30. The molecule has 2 amide bonds. The van der Waals surface area contributed by atoms with Gasteiger partial charge in [-0.25, -0.2) is 4.39 Å². The molecule has 0 saturated heterocycles. The fraction of sp³-hybridized carbons (Fsp3) is 0.222. The number of anilines is 1. The lowest BCUT2D eigenvalue weighted by Gasteiger charge is -2.18. The molecule has 7 heteroatoms. The third-order valence-electron chi connectivity index (χ3n) is 3.33. The van der Waals surface area contributed by atoms with Crippen molar-refractivity contribution in [3.8, 4) is 12.3 Å². The van der Waals surface area contributed by atoms with Crippen LogP contribution in [-0.4, -0.2) is 23.3 Å². The van der Waals surface area contributed by atoms with Gasteiger partial charge in [-0.05, 0) is 30.3 Å². The topological polar surface area (TPSA) is 62.6 Å². The van der Waals surface area contributed by atoms with Gasteiger partial charge in [0, 0.05) is 18.5 Å². The fourth-order valence-corrected chi connectivity index (χ4v) is 2.29. The molecule has 2 aromatic rings. The minimum Gasteiger partial charge on any atom is -0.467 e. The van der Waals surface area contributed by atoms with Gasteiger partial charge in [0.15, 0.2) is 0 Å². The van der Waals surface area contributed by atoms with Crippen molar-refractivity contribution in [3.63, 3.8) is 0 Å². The van der Waals surface area contributed by atoms with Crippen molar-refractivity contribution in [1.82, 2.24) is 4.90 Å². The van der Waals surface area contributed by atoms with Crippen molar-refractivity contribution in [1.29, 1.82) is 0 Å². The van der Waals surface area contributed by atoms with Gasteiger partial charge < -0.3 is 14.6 Å². The first-order chi connectivity index (χ1) is 12.0. The van der Waals surface area contributed by atoms with Crippen LogP contribution in [0.3, 0.4) is 0 Å². The first-order valence-corrected chi connectivity index (χ1v) is 7.86. The minimum absolute atomic E-state index is 0.0108. The van der Waals surface area contributed by atoms with Crippen molar-refractivity contribution in [2.24, 2.45) is 0 Å². The molecule has 1 N–H and O–H groups in total. The Morgan fingerprint density at radius 3 is 2.76 bits per heavy atom. The second-order valence-corrected chi connectivity index (χ2v) is 5.62. The highest BCUT2D eigenvalue weighted by Crippen LogP contribution is 2.19. The number of halogens is 2. The summed E-state index contributed by atoms with van der Waals surface area (Å²) in [6.07, 6.45) is 6.75. The molecule has 1 aromatic carbocycles. The molecule has 0 fully saturated rings. The summed E-state index contributed by atoms with van der Waals surface area (Å²) in [5, 5.41) is 2.47. The molecule has 25 heavy (non-hydrogen) atoms. The number of nitrogens with zero attached hydrogens (tertiary/aromatic N) is 1. The van der Waals surface area contributed by atoms with Crippen LogP contribution in [0.4, 0.5) is 10.1 Å². The highest BCUT2D eigenvalue weighted by molar-refractivity contribution is 6.31. The Morgan fingerprint density at radius 2 is 2.12 bits per heavy atom. The Hall–Kier alpha value is -2.78. The van der Waals surface area contributed by atoms with E-state index >= 15 is 0 Å². The van der Waals surface area contributed by atoms with E-state index in [9.17, 15) is 14.0 Å². The van der Waals surface area contributed by atoms with Crippen LogP contribution in [0.1, 0.15) is 18.6 Å². The van der Waals surface area contributed by atoms with Crippen molar-refractivity contribution < 1.29 is 18.4 Å². The second kappa shape index (κ2) is 8.90. The van der Waals surface area contributed by atoms with Crippen molar-refractivity contribution in [3.05, 3.63) is 53.2 Å². The summed E-state index contributed by atoms with van der Waals surface area (Å²) < 4.78 is 18.3. The molecular formula is C18H16ClFN2O3. The van der Waals surface area contributed by atoms with Crippen LogP contribution in [0.15, 0.2) is 41.0 Å². The van der Waals surface area contributed by atoms with Gasteiger partial charge in [0.1, 0.15) is 11.6 Å². The van der Waals surface area contributed by atoms with Crippen LogP contribution in [0, 0.1) is 18.2 Å². The second-order valence-electron chi connectivity index (χ2n) is 5.21. The van der Waals surface area contributed by atoms with E-state index < -0.39 is 5.82 Å². The molecule has 130 valence electrons. The maximum absolute atomic E-state index is 13.1. The minimum atomic E-state index is -0.572. The molecule has 0 radical (unpaired) electrons. The number of furan rings is 1. The van der Waals surface area contributed by atoms with Gasteiger partial charge in [-0.15, -0.1) is 6.42 Å². The number of carbonyl (C=O) groups is 2. The number of hydrogen-bond acceptors (Lipinski definition) is 3. The molecule has 5 nitrogen and oxygen atoms in total. The molecular weight excluding hydrogens is 347 g/mol. The molecule has 2 rings (SSSR count). The highest BCUT2D eigenvalue weighted by atomic mass is 35.5. The largest absolute Gasteiger partial charge is 0.467 e. The van der Waals surface area contributed by atoms with Crippen LogP contribution in [0.2, 0.25) is 5.02 Å². The monoisotopic (exact) mass is 362 g/mol. The zero-order chi connectivity index (χ0) is 18.2. The van der Waals surface area contributed by atoms with E-state index in [1.807, 2.05) is 0 Å². The molecule has 0 bridgehead atoms. The maximum atomic E-state index is 13.1. The van der Waals surface area contributed by atoms with Gasteiger partial charge in [-0.1, -0.05) is 17.5 Å². The lowest BCUT2D eigenvalue weighted by Crippen LogP contribution is -2.31. The Morgan fingerprint density at radius 1 is 1.32 bits per heavy atom. The van der Waals surface area contributed by atoms with E-state index in [-0.39, 0.29) is 42.8 Å². The lowest BCUT2D eigenvalue weighted by atomic mass is 10.2. The first-order valence-electron chi connectivity index (χ1n) is 7.48. The Kier molecular flexibility index (Phi) is 6.61. The third kappa shape index (κ3) is 5.66. The van der Waals surface area contributed by atoms with Gasteiger partial charge in [0.05, 0.1) is 24.4 Å². The summed E-state index contributed by atoms with van der Waals surface area (Å²) in [7, 11) is 0. The molecule has 1 aromatic heterocycles. The van der Waals surface area contributed by atoms with E-state index in [1.54, 1.807) is 12.1 Å². The molecule has 0 spiro atoms. The highest BCUT2D eigenvalue weighted by Gasteiger charge is 2.16. The fourth-order valence-electron chi connectivity index (χ4n) is 2.11. The number of nitrogens with one attached hydrogen (secondary N) is 1. The quantitative estimate of drug-likeness (QED) is 0.767. The summed E-state index contributed by atoms with van der Waals surface area (Å²) in [6.45, 7) is 0.361. The molecule has 0 atom stereocenters. The van der Waals surface area contributed by atoms with Gasteiger partial charge >= 0.3 is 0 Å². The Bertz CT molecular complexity index is 784. The molecule has 0 aliphatic carbocycles. The van der Waals surface area contributed by atoms with E-state index in [0.717, 1.165) is 6.07 Å². The summed E-state index contributed by atoms with van der Waals surface area (Å²) in [5.41, 5.74) is 0.361. The normalized spacial score (nSPS) is 10.1. The Labute approximate surface area is 149 Å². The van der Waals surface area contributed by atoms with Gasteiger partial charge in [-0.3, -0.25) is 9.59 Å². The zero-order valence-corrected chi connectivity index (χ0v) is 14.1. The standard InChI is InChI=1S/C18H16ClFN2O3/c1-2-9-22(12-14-4-3-10-25-14)18(24)8-7-17(23)21-13-5-6-16(20)15(19)11-13/h1,3-6,10-11H,7-9,12H2,(H,21,23). The van der Waals surface area contributed by atoms with Crippen molar-refractivity contribution >= 4 is 29.1 Å². The van der Waals surface area contributed by atoms with E-state index in [4.69, 9.17) is 22.4 Å². The number of hydrogen-bond donors (Lipinski definition) is 1. The van der Waals surface area contributed by atoms with E-state index in [1.165, 1.54) is 23.3 Å². The molecule has 0 aliphatic rings. The summed E-state index contributed by atoms with van der Waals surface area (Å²) in [4.78, 5) is 25.6. The predicted molar refractivity (Wildman–Crippen MR) is 92.2 cm³/mol. The molecule has 0 aliphatic heterocycles.